The molecule has 0 unspecified atom stereocenters. The number of hydrogen-bond acceptors (Lipinski definition) is 4. The second kappa shape index (κ2) is 5.48. The van der Waals surface area contributed by atoms with E-state index in [1.165, 1.54) is 0 Å². The lowest BCUT2D eigenvalue weighted by atomic mass is 10.2. The maximum absolute atomic E-state index is 5.69. The summed E-state index contributed by atoms with van der Waals surface area (Å²) >= 11 is 0. The molecule has 90 valence electrons. The molecule has 0 spiro atoms. The minimum atomic E-state index is -0.0848. The van der Waals surface area contributed by atoms with E-state index < -0.39 is 0 Å². The van der Waals surface area contributed by atoms with Crippen molar-refractivity contribution in [3.63, 3.8) is 0 Å². The molecule has 0 bridgehead atoms. The fourth-order valence-electron chi connectivity index (χ4n) is 1.69. The Morgan fingerprint density at radius 1 is 1.50 bits per heavy atom. The van der Waals surface area contributed by atoms with Crippen LogP contribution in [0.4, 0.5) is 0 Å². The van der Waals surface area contributed by atoms with Crippen LogP contribution in [0.25, 0.3) is 0 Å². The van der Waals surface area contributed by atoms with Gasteiger partial charge in [-0.05, 0) is 25.5 Å². The first-order chi connectivity index (χ1) is 7.79. The van der Waals surface area contributed by atoms with E-state index in [9.17, 15) is 0 Å². The van der Waals surface area contributed by atoms with Crippen molar-refractivity contribution in [2.24, 2.45) is 0 Å². The standard InChI is InChI=1S/C12H18O4/c1-3-12-15-8-11(9(2)16-12)14-7-10-5-4-6-13-10/h4-6,9,11-12H,3,7-8H2,1-2H3/t9-,11-,12+/m1/s1. The molecule has 1 aromatic rings. The molecule has 2 heterocycles. The van der Waals surface area contributed by atoms with E-state index in [4.69, 9.17) is 18.6 Å². The van der Waals surface area contributed by atoms with Crippen molar-refractivity contribution in [1.82, 2.24) is 0 Å². The molecule has 1 aliphatic heterocycles. The zero-order chi connectivity index (χ0) is 11.4. The molecule has 0 aliphatic carbocycles. The zero-order valence-corrected chi connectivity index (χ0v) is 9.72. The molecule has 1 fully saturated rings. The van der Waals surface area contributed by atoms with Gasteiger partial charge < -0.3 is 18.6 Å². The van der Waals surface area contributed by atoms with Crippen molar-refractivity contribution in [2.75, 3.05) is 6.61 Å². The van der Waals surface area contributed by atoms with Crippen molar-refractivity contribution in [2.45, 2.75) is 45.4 Å². The summed E-state index contributed by atoms with van der Waals surface area (Å²) in [5.41, 5.74) is 0. The molecular weight excluding hydrogens is 208 g/mol. The smallest absolute Gasteiger partial charge is 0.157 e. The van der Waals surface area contributed by atoms with Gasteiger partial charge in [0.2, 0.25) is 0 Å². The van der Waals surface area contributed by atoms with E-state index in [0.29, 0.717) is 13.2 Å². The van der Waals surface area contributed by atoms with Crippen LogP contribution in [-0.4, -0.2) is 25.1 Å². The normalized spacial score (nSPS) is 30.5. The summed E-state index contributed by atoms with van der Waals surface area (Å²) in [4.78, 5) is 0. The van der Waals surface area contributed by atoms with Gasteiger partial charge in [0.15, 0.2) is 6.29 Å². The number of furan rings is 1. The average Bonchev–Trinajstić information content (AvgIpc) is 2.80. The van der Waals surface area contributed by atoms with Gasteiger partial charge in [0.05, 0.1) is 19.0 Å². The molecule has 4 heteroatoms. The van der Waals surface area contributed by atoms with Crippen molar-refractivity contribution < 1.29 is 18.6 Å². The van der Waals surface area contributed by atoms with Gasteiger partial charge in [-0.3, -0.25) is 0 Å². The van der Waals surface area contributed by atoms with Gasteiger partial charge in [-0.2, -0.15) is 0 Å². The van der Waals surface area contributed by atoms with Crippen LogP contribution in [0.15, 0.2) is 22.8 Å². The average molecular weight is 226 g/mol. The Kier molecular flexibility index (Phi) is 3.98. The quantitative estimate of drug-likeness (QED) is 0.790. The molecule has 3 atom stereocenters. The Morgan fingerprint density at radius 2 is 2.38 bits per heavy atom. The van der Waals surface area contributed by atoms with Crippen molar-refractivity contribution >= 4 is 0 Å². The van der Waals surface area contributed by atoms with Gasteiger partial charge in [-0.15, -0.1) is 0 Å². The van der Waals surface area contributed by atoms with Crippen LogP contribution in [-0.2, 0) is 20.8 Å². The Morgan fingerprint density at radius 3 is 3.00 bits per heavy atom. The first-order valence-corrected chi connectivity index (χ1v) is 5.70. The summed E-state index contributed by atoms with van der Waals surface area (Å²) in [6.07, 6.45) is 2.47. The molecule has 0 N–H and O–H groups in total. The minimum Gasteiger partial charge on any atom is -0.467 e. The third-order valence-electron chi connectivity index (χ3n) is 2.69. The summed E-state index contributed by atoms with van der Waals surface area (Å²) in [7, 11) is 0. The van der Waals surface area contributed by atoms with Gasteiger partial charge in [-0.25, -0.2) is 0 Å². The summed E-state index contributed by atoms with van der Waals surface area (Å²) in [6.45, 7) is 5.10. The van der Waals surface area contributed by atoms with Crippen LogP contribution in [0.5, 0.6) is 0 Å². The fraction of sp³-hybridized carbons (Fsp3) is 0.667. The third kappa shape index (κ3) is 2.84. The molecule has 0 radical (unpaired) electrons. The van der Waals surface area contributed by atoms with Crippen LogP contribution < -0.4 is 0 Å². The maximum atomic E-state index is 5.69. The zero-order valence-electron chi connectivity index (χ0n) is 9.72. The van der Waals surface area contributed by atoms with Gasteiger partial charge in [0.1, 0.15) is 18.5 Å². The van der Waals surface area contributed by atoms with E-state index in [1.807, 2.05) is 26.0 Å². The van der Waals surface area contributed by atoms with Gasteiger partial charge >= 0.3 is 0 Å². The van der Waals surface area contributed by atoms with Gasteiger partial charge in [0, 0.05) is 0 Å². The van der Waals surface area contributed by atoms with Crippen LogP contribution >= 0.6 is 0 Å². The Labute approximate surface area is 95.5 Å². The highest BCUT2D eigenvalue weighted by Gasteiger charge is 2.28. The van der Waals surface area contributed by atoms with Crippen LogP contribution in [0, 0.1) is 0 Å². The van der Waals surface area contributed by atoms with Crippen molar-refractivity contribution in [3.8, 4) is 0 Å². The molecule has 1 aliphatic rings. The lowest BCUT2D eigenvalue weighted by Gasteiger charge is -2.34. The summed E-state index contributed by atoms with van der Waals surface area (Å²) in [5.74, 6) is 0.824. The monoisotopic (exact) mass is 226 g/mol. The van der Waals surface area contributed by atoms with Gasteiger partial charge in [-0.1, -0.05) is 6.92 Å². The summed E-state index contributed by atoms with van der Waals surface area (Å²) in [6, 6.07) is 3.74. The highest BCUT2D eigenvalue weighted by Crippen LogP contribution is 2.18. The topological polar surface area (TPSA) is 40.8 Å². The van der Waals surface area contributed by atoms with Crippen LogP contribution in [0.1, 0.15) is 26.0 Å². The van der Waals surface area contributed by atoms with E-state index in [-0.39, 0.29) is 18.5 Å². The Hall–Kier alpha value is -0.840. The molecule has 16 heavy (non-hydrogen) atoms. The first kappa shape index (κ1) is 11.6. The van der Waals surface area contributed by atoms with Crippen molar-refractivity contribution in [3.05, 3.63) is 24.2 Å². The Balaban J connectivity index is 1.78. The predicted octanol–water partition coefficient (Wildman–Crippen LogP) is 2.34. The summed E-state index contributed by atoms with van der Waals surface area (Å²) in [5, 5.41) is 0. The number of ether oxygens (including phenoxy) is 3. The molecule has 0 aromatic carbocycles. The molecule has 1 aromatic heterocycles. The first-order valence-electron chi connectivity index (χ1n) is 5.70. The molecule has 1 saturated heterocycles. The lowest BCUT2D eigenvalue weighted by molar-refractivity contribution is -0.259. The molecule has 4 nitrogen and oxygen atoms in total. The predicted molar refractivity (Wildman–Crippen MR) is 57.9 cm³/mol. The largest absolute Gasteiger partial charge is 0.467 e. The highest BCUT2D eigenvalue weighted by molar-refractivity contribution is 4.96. The molecular formula is C12H18O4. The fourth-order valence-corrected chi connectivity index (χ4v) is 1.69. The van der Waals surface area contributed by atoms with Crippen molar-refractivity contribution in [1.29, 1.82) is 0 Å². The second-order valence-electron chi connectivity index (χ2n) is 3.94. The Bertz CT molecular complexity index is 296. The van der Waals surface area contributed by atoms with E-state index in [2.05, 4.69) is 0 Å². The van der Waals surface area contributed by atoms with E-state index >= 15 is 0 Å². The highest BCUT2D eigenvalue weighted by atomic mass is 16.7. The van der Waals surface area contributed by atoms with Crippen LogP contribution in [0.2, 0.25) is 0 Å². The van der Waals surface area contributed by atoms with Crippen LogP contribution in [0.3, 0.4) is 0 Å². The SMILES string of the molecule is CC[C@H]1OC[C@@H](OCc2ccco2)[C@@H](C)O1. The lowest BCUT2D eigenvalue weighted by Crippen LogP contribution is -2.43. The molecule has 0 saturated carbocycles. The molecule has 2 rings (SSSR count). The number of rotatable bonds is 4. The second-order valence-corrected chi connectivity index (χ2v) is 3.94. The minimum absolute atomic E-state index is 0.0205. The summed E-state index contributed by atoms with van der Waals surface area (Å²) < 4.78 is 22.0. The number of hydrogen-bond donors (Lipinski definition) is 0. The molecule has 0 amide bonds. The van der Waals surface area contributed by atoms with E-state index in [0.717, 1.165) is 12.2 Å². The van der Waals surface area contributed by atoms with Gasteiger partial charge in [0.25, 0.3) is 0 Å². The third-order valence-corrected chi connectivity index (χ3v) is 2.69. The maximum Gasteiger partial charge on any atom is 0.157 e. The van der Waals surface area contributed by atoms with E-state index in [1.54, 1.807) is 6.26 Å².